The maximum atomic E-state index is 12.0. The Kier molecular flexibility index (Phi) is 9.51. The van der Waals surface area contributed by atoms with Crippen LogP contribution in [-0.2, 0) is 17.8 Å². The Balaban J connectivity index is 1.30. The molecule has 0 unspecified atom stereocenters. The second-order valence-electron chi connectivity index (χ2n) is 7.92. The molecule has 10 nitrogen and oxygen atoms in total. The topological polar surface area (TPSA) is 130 Å². The third-order valence-corrected chi connectivity index (χ3v) is 5.13. The van der Waals surface area contributed by atoms with Gasteiger partial charge in [0.05, 0.1) is 24.7 Å². The zero-order valence-corrected chi connectivity index (χ0v) is 19.8. The van der Waals surface area contributed by atoms with E-state index in [1.165, 1.54) is 11.8 Å². The molecule has 0 atom stereocenters. The number of carbonyl (C=O) groups is 1. The Morgan fingerprint density at radius 1 is 1.18 bits per heavy atom. The lowest BCUT2D eigenvalue weighted by molar-refractivity contribution is -0.121. The third kappa shape index (κ3) is 7.95. The predicted octanol–water partition coefficient (Wildman–Crippen LogP) is 4.71. The van der Waals surface area contributed by atoms with Crippen molar-refractivity contribution in [2.24, 2.45) is 5.11 Å². The first-order chi connectivity index (χ1) is 16.6. The molecule has 0 saturated heterocycles. The Morgan fingerprint density at radius 3 is 2.76 bits per heavy atom. The molecule has 0 bridgehead atoms. The summed E-state index contributed by atoms with van der Waals surface area (Å²) in [6.45, 7) is 5.88. The summed E-state index contributed by atoms with van der Waals surface area (Å²) in [6.07, 6.45) is 8.67. The van der Waals surface area contributed by atoms with Gasteiger partial charge in [-0.3, -0.25) is 9.48 Å². The smallest absolute Gasteiger partial charge is 0.219 e. The van der Waals surface area contributed by atoms with Crippen molar-refractivity contribution < 1.29 is 9.53 Å². The number of anilines is 2. The van der Waals surface area contributed by atoms with Crippen molar-refractivity contribution in [3.8, 4) is 5.75 Å². The molecule has 3 rings (SSSR count). The molecule has 3 aromatic rings. The van der Waals surface area contributed by atoms with E-state index in [1.807, 2.05) is 44.3 Å². The second-order valence-corrected chi connectivity index (χ2v) is 7.92. The van der Waals surface area contributed by atoms with Crippen LogP contribution in [0.25, 0.3) is 0 Å². The van der Waals surface area contributed by atoms with Crippen LogP contribution >= 0.6 is 0 Å². The highest BCUT2D eigenvalue weighted by molar-refractivity contribution is 5.75. The van der Waals surface area contributed by atoms with Gasteiger partial charge in [0.1, 0.15) is 17.3 Å². The molecule has 2 aromatic heterocycles. The Morgan fingerprint density at radius 2 is 2.00 bits per heavy atom. The summed E-state index contributed by atoms with van der Waals surface area (Å²) < 4.78 is 7.49. The molecule has 0 aliphatic carbocycles. The van der Waals surface area contributed by atoms with Gasteiger partial charge in [0.15, 0.2) is 5.82 Å². The minimum absolute atomic E-state index is 0.0559. The molecule has 0 aliphatic rings. The summed E-state index contributed by atoms with van der Waals surface area (Å²) in [5, 5.41) is 13.9. The first kappa shape index (κ1) is 24.8. The van der Waals surface area contributed by atoms with Crippen LogP contribution < -0.4 is 15.4 Å². The number of aromatic nitrogens is 4. The van der Waals surface area contributed by atoms with E-state index in [0.717, 1.165) is 30.7 Å². The summed E-state index contributed by atoms with van der Waals surface area (Å²) in [5.74, 6) is 2.08. The van der Waals surface area contributed by atoms with E-state index in [4.69, 9.17) is 10.3 Å². The van der Waals surface area contributed by atoms with Crippen molar-refractivity contribution in [2.75, 3.05) is 18.5 Å². The van der Waals surface area contributed by atoms with E-state index in [0.29, 0.717) is 49.9 Å². The summed E-state index contributed by atoms with van der Waals surface area (Å²) in [5.41, 5.74) is 9.61. The number of nitrogens with zero attached hydrogens (tertiary/aromatic N) is 5. The standard InChI is InChI=1S/C24H32N8O2/c1-3-22-27-16-21(31-25)24(30-22)29-19-15-28-32(17-19)13-6-12-26-23(33)7-4-5-14-34-20-10-8-18(2)9-11-20/h8-11,15-17,25H,3-7,12-14H2,1-2H3,(H,26,33)(H,27,29,30). The molecule has 0 radical (unpaired) electrons. The van der Waals surface area contributed by atoms with Gasteiger partial charge in [0.2, 0.25) is 5.91 Å². The highest BCUT2D eigenvalue weighted by Gasteiger charge is 2.08. The average Bonchev–Trinajstić information content (AvgIpc) is 3.30. The highest BCUT2D eigenvalue weighted by Crippen LogP contribution is 2.25. The molecule has 1 aromatic carbocycles. The minimum atomic E-state index is 0.0559. The van der Waals surface area contributed by atoms with E-state index in [2.05, 4.69) is 30.8 Å². The van der Waals surface area contributed by atoms with E-state index in [-0.39, 0.29) is 5.91 Å². The molecule has 0 fully saturated rings. The van der Waals surface area contributed by atoms with Crippen molar-refractivity contribution in [1.82, 2.24) is 25.1 Å². The van der Waals surface area contributed by atoms with Crippen LogP contribution in [0.1, 0.15) is 44.0 Å². The number of carbonyl (C=O) groups excluding carboxylic acids is 1. The molecular weight excluding hydrogens is 432 g/mol. The van der Waals surface area contributed by atoms with E-state index >= 15 is 0 Å². The van der Waals surface area contributed by atoms with Gasteiger partial charge in [0.25, 0.3) is 0 Å². The summed E-state index contributed by atoms with van der Waals surface area (Å²) in [7, 11) is 0. The number of ether oxygens (including phenoxy) is 1. The zero-order valence-electron chi connectivity index (χ0n) is 19.8. The highest BCUT2D eigenvalue weighted by atomic mass is 16.5. The van der Waals surface area contributed by atoms with Crippen molar-refractivity contribution in [3.05, 3.63) is 54.2 Å². The Bertz CT molecular complexity index is 1070. The van der Waals surface area contributed by atoms with Crippen LogP contribution in [0.5, 0.6) is 5.75 Å². The lowest BCUT2D eigenvalue weighted by Gasteiger charge is -2.07. The van der Waals surface area contributed by atoms with Crippen LogP contribution in [0.2, 0.25) is 0 Å². The molecule has 1 amide bonds. The quantitative estimate of drug-likeness (QED) is 0.234. The molecule has 3 N–H and O–H groups in total. The van der Waals surface area contributed by atoms with E-state index < -0.39 is 0 Å². The van der Waals surface area contributed by atoms with E-state index in [1.54, 1.807) is 10.9 Å². The number of amides is 1. The van der Waals surface area contributed by atoms with Crippen molar-refractivity contribution in [2.45, 2.75) is 52.5 Å². The van der Waals surface area contributed by atoms with E-state index in [9.17, 15) is 4.79 Å². The van der Waals surface area contributed by atoms with Gasteiger partial charge in [-0.15, -0.1) is 0 Å². The lowest BCUT2D eigenvalue weighted by atomic mass is 10.2. The molecule has 0 spiro atoms. The molecular formula is C24H32N8O2. The number of benzene rings is 1. The van der Waals surface area contributed by atoms with Crippen molar-refractivity contribution >= 4 is 23.1 Å². The second kappa shape index (κ2) is 13.0. The van der Waals surface area contributed by atoms with Gasteiger partial charge < -0.3 is 15.4 Å². The van der Waals surface area contributed by atoms with Crippen LogP contribution in [-0.4, -0.2) is 38.8 Å². The fraction of sp³-hybridized carbons (Fsp3) is 0.417. The van der Waals surface area contributed by atoms with Crippen molar-refractivity contribution in [3.63, 3.8) is 0 Å². The van der Waals surface area contributed by atoms with Gasteiger partial charge in [0, 0.05) is 32.1 Å². The van der Waals surface area contributed by atoms with Gasteiger partial charge in [-0.25, -0.2) is 15.5 Å². The molecule has 34 heavy (non-hydrogen) atoms. The van der Waals surface area contributed by atoms with Crippen LogP contribution in [0.3, 0.4) is 0 Å². The summed E-state index contributed by atoms with van der Waals surface area (Å²) >= 11 is 0. The van der Waals surface area contributed by atoms with Crippen LogP contribution in [0.15, 0.2) is 48.0 Å². The lowest BCUT2D eigenvalue weighted by Crippen LogP contribution is -2.25. The number of rotatable bonds is 14. The van der Waals surface area contributed by atoms with Crippen LogP contribution in [0, 0.1) is 12.5 Å². The van der Waals surface area contributed by atoms with Crippen molar-refractivity contribution in [1.29, 1.82) is 5.53 Å². The average molecular weight is 465 g/mol. The molecule has 0 saturated carbocycles. The SMILES string of the molecule is CCc1ncc(N=N)c(Nc2cnn(CCCNC(=O)CCCCOc3ccc(C)cc3)c2)n1. The maximum Gasteiger partial charge on any atom is 0.219 e. The fourth-order valence-corrected chi connectivity index (χ4v) is 3.21. The number of hydrogen-bond acceptors (Lipinski definition) is 8. The number of nitrogens with one attached hydrogen (secondary N) is 3. The monoisotopic (exact) mass is 464 g/mol. The molecule has 10 heteroatoms. The summed E-state index contributed by atoms with van der Waals surface area (Å²) in [4.78, 5) is 20.6. The maximum absolute atomic E-state index is 12.0. The summed E-state index contributed by atoms with van der Waals surface area (Å²) in [6, 6.07) is 7.97. The molecule has 180 valence electrons. The molecule has 0 aliphatic heterocycles. The van der Waals surface area contributed by atoms with Gasteiger partial charge in [-0.05, 0) is 38.3 Å². The van der Waals surface area contributed by atoms with Crippen LogP contribution in [0.4, 0.5) is 17.2 Å². The Labute approximate surface area is 199 Å². The number of aryl methyl sites for hydroxylation is 3. The Hall–Kier alpha value is -3.82. The minimum Gasteiger partial charge on any atom is -0.494 e. The third-order valence-electron chi connectivity index (χ3n) is 5.13. The number of hydrogen-bond donors (Lipinski definition) is 3. The first-order valence-electron chi connectivity index (χ1n) is 11.6. The molecule has 2 heterocycles. The van der Waals surface area contributed by atoms with Gasteiger partial charge in [-0.1, -0.05) is 24.6 Å². The van der Waals surface area contributed by atoms with Gasteiger partial charge in [-0.2, -0.15) is 10.2 Å². The number of unbranched alkanes of at least 4 members (excludes halogenated alkanes) is 1. The normalized spacial score (nSPS) is 10.6. The zero-order chi connectivity index (χ0) is 24.2. The predicted molar refractivity (Wildman–Crippen MR) is 130 cm³/mol. The fourth-order valence-electron chi connectivity index (χ4n) is 3.21. The largest absolute Gasteiger partial charge is 0.494 e. The van der Waals surface area contributed by atoms with Gasteiger partial charge >= 0.3 is 0 Å². The first-order valence-corrected chi connectivity index (χ1v) is 11.6.